The van der Waals surface area contributed by atoms with Gasteiger partial charge in [0.25, 0.3) is 0 Å². The summed E-state index contributed by atoms with van der Waals surface area (Å²) in [6.07, 6.45) is 4.14. The number of hydrogen-bond acceptors (Lipinski definition) is 5. The zero-order valence-electron chi connectivity index (χ0n) is 23.0. The van der Waals surface area contributed by atoms with E-state index in [0.29, 0.717) is 35.5 Å². The molecule has 7 unspecified atom stereocenters. The molecule has 0 aromatic carbocycles. The molecule has 14 atom stereocenters. The highest BCUT2D eigenvalue weighted by molar-refractivity contribution is 4.90. The maximum absolute atomic E-state index is 6.72. The molecule has 33 heavy (non-hydrogen) atoms. The van der Waals surface area contributed by atoms with Crippen LogP contribution in [0.25, 0.3) is 0 Å². The highest BCUT2D eigenvalue weighted by atomic mass is 16.7. The fraction of sp³-hybridized carbons (Fsp3) is 1.00. The van der Waals surface area contributed by atoms with Gasteiger partial charge in [0.15, 0.2) is 12.6 Å². The van der Waals surface area contributed by atoms with Crippen molar-refractivity contribution in [3.63, 3.8) is 0 Å². The van der Waals surface area contributed by atoms with Crippen LogP contribution in [0.3, 0.4) is 0 Å². The van der Waals surface area contributed by atoms with Gasteiger partial charge < -0.3 is 23.7 Å². The lowest BCUT2D eigenvalue weighted by atomic mass is 9.78. The van der Waals surface area contributed by atoms with E-state index in [9.17, 15) is 0 Å². The molecule has 0 radical (unpaired) electrons. The van der Waals surface area contributed by atoms with E-state index < -0.39 is 0 Å². The van der Waals surface area contributed by atoms with E-state index in [0.717, 1.165) is 25.7 Å². The Kier molecular flexibility index (Phi) is 9.70. The molecule has 0 aromatic rings. The van der Waals surface area contributed by atoms with E-state index >= 15 is 0 Å². The third-order valence-corrected chi connectivity index (χ3v) is 9.45. The number of ether oxygens (including phenoxy) is 5. The first kappa shape index (κ1) is 27.4. The van der Waals surface area contributed by atoms with Crippen molar-refractivity contribution in [1.29, 1.82) is 0 Å². The van der Waals surface area contributed by atoms with Crippen molar-refractivity contribution < 1.29 is 23.7 Å². The van der Waals surface area contributed by atoms with E-state index in [2.05, 4.69) is 69.2 Å². The Morgan fingerprint density at radius 2 is 1.18 bits per heavy atom. The van der Waals surface area contributed by atoms with Crippen molar-refractivity contribution in [1.82, 2.24) is 0 Å². The molecule has 3 saturated heterocycles. The molecule has 0 saturated carbocycles. The predicted octanol–water partition coefficient (Wildman–Crippen LogP) is 6.43. The summed E-state index contributed by atoms with van der Waals surface area (Å²) in [4.78, 5) is 0. The van der Waals surface area contributed by atoms with Crippen LogP contribution in [0.5, 0.6) is 0 Å². The summed E-state index contributed by atoms with van der Waals surface area (Å²) in [6.45, 7) is 22.6. The molecule has 0 aromatic heterocycles. The van der Waals surface area contributed by atoms with Crippen LogP contribution >= 0.6 is 0 Å². The highest BCUT2D eigenvalue weighted by Crippen LogP contribution is 2.41. The SMILES string of the molecule is CCC1O[C@@H](C)C(C)[C@@H](C)[C@@H]1OC1C[C@@H](C)[C@@H](OC2OC(CC)[C@H](C)[C@H](C)C2C)C(CC)O1. The van der Waals surface area contributed by atoms with Gasteiger partial charge in [-0.25, -0.2) is 0 Å². The molecular formula is C28H52O5. The molecule has 0 spiro atoms. The third-order valence-electron chi connectivity index (χ3n) is 9.45. The van der Waals surface area contributed by atoms with Crippen LogP contribution < -0.4 is 0 Å². The maximum atomic E-state index is 6.72. The molecule has 3 rings (SSSR count). The van der Waals surface area contributed by atoms with Crippen molar-refractivity contribution in [2.75, 3.05) is 0 Å². The monoisotopic (exact) mass is 468 g/mol. The molecule has 0 bridgehead atoms. The van der Waals surface area contributed by atoms with Crippen molar-refractivity contribution in [2.24, 2.45) is 35.5 Å². The smallest absolute Gasteiger partial charge is 0.161 e. The van der Waals surface area contributed by atoms with E-state index in [-0.39, 0.29) is 49.2 Å². The summed E-state index contributed by atoms with van der Waals surface area (Å²) in [5.41, 5.74) is 0. The van der Waals surface area contributed by atoms with Gasteiger partial charge in [0.1, 0.15) is 0 Å². The van der Waals surface area contributed by atoms with E-state index in [1.807, 2.05) is 0 Å². The second-order valence-electron chi connectivity index (χ2n) is 11.5. The molecule has 5 heteroatoms. The minimum atomic E-state index is -0.206. The first-order chi connectivity index (χ1) is 15.6. The minimum Gasteiger partial charge on any atom is -0.372 e. The van der Waals surface area contributed by atoms with Gasteiger partial charge in [-0.2, -0.15) is 0 Å². The summed E-state index contributed by atoms with van der Waals surface area (Å²) in [5.74, 6) is 2.76. The topological polar surface area (TPSA) is 46.2 Å². The Hall–Kier alpha value is -0.200. The quantitative estimate of drug-likeness (QED) is 0.431. The summed E-state index contributed by atoms with van der Waals surface area (Å²) in [6, 6.07) is 0. The summed E-state index contributed by atoms with van der Waals surface area (Å²) < 4.78 is 32.7. The average Bonchev–Trinajstić information content (AvgIpc) is 2.80. The first-order valence-corrected chi connectivity index (χ1v) is 13.9. The number of hydrogen-bond donors (Lipinski definition) is 0. The van der Waals surface area contributed by atoms with Gasteiger partial charge in [-0.05, 0) is 55.8 Å². The van der Waals surface area contributed by atoms with Crippen LogP contribution in [-0.4, -0.2) is 49.2 Å². The van der Waals surface area contributed by atoms with Gasteiger partial charge in [-0.3, -0.25) is 0 Å². The Morgan fingerprint density at radius 3 is 1.79 bits per heavy atom. The molecule has 3 aliphatic rings. The lowest BCUT2D eigenvalue weighted by molar-refractivity contribution is -0.326. The Balaban J connectivity index is 1.66. The summed E-state index contributed by atoms with van der Waals surface area (Å²) in [5, 5.41) is 0. The van der Waals surface area contributed by atoms with Crippen molar-refractivity contribution in [2.45, 2.75) is 144 Å². The van der Waals surface area contributed by atoms with Gasteiger partial charge in [0.2, 0.25) is 0 Å². The van der Waals surface area contributed by atoms with Crippen LogP contribution in [0, 0.1) is 35.5 Å². The second kappa shape index (κ2) is 11.7. The second-order valence-corrected chi connectivity index (χ2v) is 11.5. The molecule has 0 N–H and O–H groups in total. The van der Waals surface area contributed by atoms with Crippen molar-refractivity contribution >= 4 is 0 Å². The largest absolute Gasteiger partial charge is 0.372 e. The summed E-state index contributed by atoms with van der Waals surface area (Å²) >= 11 is 0. The van der Waals surface area contributed by atoms with Crippen molar-refractivity contribution in [3.8, 4) is 0 Å². The summed E-state index contributed by atoms with van der Waals surface area (Å²) in [7, 11) is 0. The maximum Gasteiger partial charge on any atom is 0.161 e. The molecule has 0 aliphatic carbocycles. The van der Waals surface area contributed by atoms with Gasteiger partial charge in [0, 0.05) is 12.3 Å². The third kappa shape index (κ3) is 5.80. The zero-order valence-corrected chi connectivity index (χ0v) is 23.0. The lowest BCUT2D eigenvalue weighted by Gasteiger charge is -2.49. The van der Waals surface area contributed by atoms with Gasteiger partial charge in [0.05, 0.1) is 36.6 Å². The molecule has 3 heterocycles. The van der Waals surface area contributed by atoms with Crippen LogP contribution in [0.4, 0.5) is 0 Å². The van der Waals surface area contributed by atoms with Gasteiger partial charge >= 0.3 is 0 Å². The minimum absolute atomic E-state index is 0.0144. The van der Waals surface area contributed by atoms with Gasteiger partial charge in [-0.1, -0.05) is 62.3 Å². The van der Waals surface area contributed by atoms with E-state index in [1.165, 1.54) is 0 Å². The van der Waals surface area contributed by atoms with Crippen LogP contribution in [0.1, 0.15) is 94.9 Å². The molecule has 3 aliphatic heterocycles. The van der Waals surface area contributed by atoms with E-state index in [4.69, 9.17) is 23.7 Å². The Labute approximate surface area is 203 Å². The number of rotatable bonds is 7. The molecule has 194 valence electrons. The zero-order chi connectivity index (χ0) is 24.4. The Bertz CT molecular complexity index is 595. The molecule has 3 fully saturated rings. The molecular weight excluding hydrogens is 416 g/mol. The van der Waals surface area contributed by atoms with Crippen LogP contribution in [0.15, 0.2) is 0 Å². The first-order valence-electron chi connectivity index (χ1n) is 13.9. The fourth-order valence-electron chi connectivity index (χ4n) is 6.29. The van der Waals surface area contributed by atoms with Crippen LogP contribution in [0.2, 0.25) is 0 Å². The predicted molar refractivity (Wildman–Crippen MR) is 132 cm³/mol. The fourth-order valence-corrected chi connectivity index (χ4v) is 6.29. The average molecular weight is 469 g/mol. The standard InChI is InChI=1S/C28H52O5/c1-11-22-18(7)16(5)20(9)28(31-22)33-26-15(4)14-25(30-23(26)12-2)32-27-19(8)17(6)21(10)29-24(27)13-3/h15-28H,11-14H2,1-10H3/t15-,16+,17?,18-,19-,20?,21+,22?,23?,24?,25?,26-,27+,28?/m1/s1. The lowest BCUT2D eigenvalue weighted by Crippen LogP contribution is -2.55. The highest BCUT2D eigenvalue weighted by Gasteiger charge is 2.46. The Morgan fingerprint density at radius 1 is 0.576 bits per heavy atom. The van der Waals surface area contributed by atoms with Crippen molar-refractivity contribution in [3.05, 3.63) is 0 Å². The van der Waals surface area contributed by atoms with E-state index in [1.54, 1.807) is 0 Å². The molecule has 0 amide bonds. The normalized spacial score (nSPS) is 51.5. The molecule has 5 nitrogen and oxygen atoms in total. The van der Waals surface area contributed by atoms with Crippen LogP contribution in [-0.2, 0) is 23.7 Å². The van der Waals surface area contributed by atoms with Gasteiger partial charge in [-0.15, -0.1) is 0 Å².